The van der Waals surface area contributed by atoms with Crippen LogP contribution in [0.4, 0.5) is 22.7 Å². The molecule has 1 aliphatic rings. The normalized spacial score (nSPS) is 13.7. The van der Waals surface area contributed by atoms with Crippen LogP contribution in [-0.4, -0.2) is 9.55 Å². The second-order valence-corrected chi connectivity index (χ2v) is 34.4. The van der Waals surface area contributed by atoms with Gasteiger partial charge in [-0.05, 0) is 156 Å². The zero-order valence-corrected chi connectivity index (χ0v) is 62.3. The smallest absolute Gasteiger partial charge is 0.135 e. The maximum Gasteiger partial charge on any atom is 0.135 e. The van der Waals surface area contributed by atoms with Gasteiger partial charge < -0.3 is 19.1 Å². The van der Waals surface area contributed by atoms with Crippen molar-refractivity contribution in [3.05, 3.63) is 208 Å². The molecule has 11 aromatic rings. The number of benzene rings is 8. The molecule has 0 amide bonds. The van der Waals surface area contributed by atoms with Gasteiger partial charge in [0.15, 0.2) is 0 Å². The maximum absolute atomic E-state index is 7.41. The van der Waals surface area contributed by atoms with Crippen LogP contribution >= 0.6 is 11.3 Å². The number of pyridine rings is 1. The molecule has 1 aliphatic heterocycles. The minimum Gasteiger partial charge on any atom is -0.509 e. The number of aromatic nitrogens is 2. The summed E-state index contributed by atoms with van der Waals surface area (Å²) in [5, 5.41) is 4.93. The van der Waals surface area contributed by atoms with Crippen molar-refractivity contribution in [3.63, 3.8) is 0 Å². The van der Waals surface area contributed by atoms with Crippen molar-refractivity contribution in [2.24, 2.45) is 0 Å². The van der Waals surface area contributed by atoms with E-state index in [9.17, 15) is 0 Å². The van der Waals surface area contributed by atoms with Gasteiger partial charge in [-0.15, -0.1) is 65.2 Å². The first-order chi connectivity index (χ1) is 42.3. The molecule has 3 aromatic heterocycles. The maximum atomic E-state index is 7.41. The average Bonchev–Trinajstić information content (AvgIpc) is 1.51. The SMILES string of the molecule is Cc1c(C)c(-c2cc(C(C)(C)C)cc(C(C)(C)C)c2)c(N2[CH-]N(c3[c-]c(Oc4[c-]c5c(c(C(C)(C)C)c4)c4c6sc7ccccc7c6ccc4n5-c4cc(C(C)(C)C)ccn4)cc(C(C)(C)C)c3)c3ccccc32)c(-c2cc(C(C)(C)C)cc(C(C)(C)C)c2)c1C.[Pt]. The Hall–Kier alpha value is -6.98. The number of rotatable bonds is 7. The van der Waals surface area contributed by atoms with Gasteiger partial charge in [0, 0.05) is 92.6 Å². The summed E-state index contributed by atoms with van der Waals surface area (Å²) in [6.07, 6.45) is 1.96. The Labute approximate surface area is 568 Å². The molecular formula is C85H95N4OPtS-3. The molecule has 480 valence electrons. The van der Waals surface area contributed by atoms with Gasteiger partial charge >= 0.3 is 0 Å². The minimum atomic E-state index is -0.293. The first-order valence-electron chi connectivity index (χ1n) is 32.8. The first-order valence-corrected chi connectivity index (χ1v) is 33.7. The predicted octanol–water partition coefficient (Wildman–Crippen LogP) is 24.7. The number of anilines is 4. The van der Waals surface area contributed by atoms with Gasteiger partial charge in [-0.3, -0.25) is 0 Å². The van der Waals surface area contributed by atoms with Gasteiger partial charge in [-0.2, -0.15) is 0 Å². The summed E-state index contributed by atoms with van der Waals surface area (Å²) in [7, 11) is 0. The summed E-state index contributed by atoms with van der Waals surface area (Å²) in [5.74, 6) is 2.10. The molecule has 0 aliphatic carbocycles. The first kappa shape index (κ1) is 66.5. The Balaban J connectivity index is 0.00000867. The van der Waals surface area contributed by atoms with Crippen LogP contribution in [-0.2, 0) is 59.0 Å². The Morgan fingerprint density at radius 3 is 1.46 bits per heavy atom. The second kappa shape index (κ2) is 22.9. The monoisotopic (exact) mass is 1410 g/mol. The Morgan fingerprint density at radius 1 is 0.446 bits per heavy atom. The number of para-hydroxylation sites is 2. The minimum absolute atomic E-state index is 0. The van der Waals surface area contributed by atoms with Gasteiger partial charge in [-0.25, -0.2) is 4.98 Å². The van der Waals surface area contributed by atoms with E-state index in [0.717, 1.165) is 39.5 Å². The van der Waals surface area contributed by atoms with Crippen LogP contribution < -0.4 is 14.5 Å². The molecule has 7 heteroatoms. The Morgan fingerprint density at radius 2 is 0.935 bits per heavy atom. The third kappa shape index (κ3) is 12.0. The van der Waals surface area contributed by atoms with E-state index in [1.807, 2.05) is 17.5 Å². The summed E-state index contributed by atoms with van der Waals surface area (Å²) in [6.45, 7) is 58.2. The summed E-state index contributed by atoms with van der Waals surface area (Å²) in [6, 6.07) is 56.2. The molecule has 5 nitrogen and oxygen atoms in total. The van der Waals surface area contributed by atoms with E-state index >= 15 is 0 Å². The molecular weight excluding hydrogens is 1320 g/mol. The van der Waals surface area contributed by atoms with E-state index in [2.05, 4.69) is 327 Å². The van der Waals surface area contributed by atoms with Crippen LogP contribution in [0.5, 0.6) is 11.5 Å². The quantitative estimate of drug-likeness (QED) is 0.149. The molecule has 8 aromatic carbocycles. The molecule has 0 N–H and O–H groups in total. The number of ether oxygens (including phenoxy) is 1. The van der Waals surface area contributed by atoms with Gasteiger partial charge in [0.05, 0.1) is 0 Å². The van der Waals surface area contributed by atoms with Crippen molar-refractivity contribution in [3.8, 4) is 39.6 Å². The molecule has 0 fully saturated rings. The Bertz CT molecular complexity index is 4560. The topological polar surface area (TPSA) is 33.5 Å². The van der Waals surface area contributed by atoms with Gasteiger partial charge in [0.25, 0.3) is 0 Å². The third-order valence-electron chi connectivity index (χ3n) is 19.2. The van der Waals surface area contributed by atoms with Crippen LogP contribution in [0.2, 0.25) is 0 Å². The third-order valence-corrected chi connectivity index (χ3v) is 20.4. The number of hydrogen-bond donors (Lipinski definition) is 0. The van der Waals surface area contributed by atoms with Crippen LogP contribution in [0.1, 0.15) is 201 Å². The van der Waals surface area contributed by atoms with Crippen LogP contribution in [0.25, 0.3) is 70.0 Å². The number of thiophene rings is 1. The van der Waals surface area contributed by atoms with Gasteiger partial charge in [0.1, 0.15) is 5.82 Å². The predicted molar refractivity (Wildman–Crippen MR) is 393 cm³/mol. The molecule has 0 atom stereocenters. The van der Waals surface area contributed by atoms with Crippen molar-refractivity contribution in [1.29, 1.82) is 0 Å². The van der Waals surface area contributed by atoms with Crippen molar-refractivity contribution >= 4 is 76.1 Å². The van der Waals surface area contributed by atoms with E-state index in [-0.39, 0.29) is 59.0 Å². The summed E-state index contributed by atoms with van der Waals surface area (Å²) in [5.41, 5.74) is 22.8. The molecule has 0 bridgehead atoms. The molecule has 12 rings (SSSR count). The zero-order chi connectivity index (χ0) is 65.8. The Kier molecular flexibility index (Phi) is 16.5. The zero-order valence-electron chi connectivity index (χ0n) is 59.2. The summed E-state index contributed by atoms with van der Waals surface area (Å²) < 4.78 is 12.3. The average molecular weight is 1420 g/mol. The largest absolute Gasteiger partial charge is 0.509 e. The number of hydrogen-bond acceptors (Lipinski definition) is 5. The fourth-order valence-electron chi connectivity index (χ4n) is 13.3. The van der Waals surface area contributed by atoms with Gasteiger partial charge in [0.2, 0.25) is 0 Å². The van der Waals surface area contributed by atoms with Crippen molar-refractivity contribution < 1.29 is 25.8 Å². The van der Waals surface area contributed by atoms with E-state index in [4.69, 9.17) is 9.72 Å². The molecule has 0 saturated heterocycles. The van der Waals surface area contributed by atoms with Crippen molar-refractivity contribution in [2.45, 2.75) is 204 Å². The van der Waals surface area contributed by atoms with E-state index in [1.165, 1.54) is 109 Å². The van der Waals surface area contributed by atoms with Gasteiger partial charge in [-0.1, -0.05) is 229 Å². The second-order valence-electron chi connectivity index (χ2n) is 33.3. The fraction of sp³-hybridized carbons (Fsp3) is 0.365. The molecule has 0 radical (unpaired) electrons. The standard InChI is InChI=1S/C85H95N4OS.Pt/c1-50-51(2)73(53-37-56(80(7,8)9)41-57(38-53)81(10,11)12)77(74(52(50)3)54-39-58(82(13,14)15)42-59(40-54)83(16,17)18)88-49-87(67-30-26-27-31-68(67)88)61-43-60(84(19,20)21)44-62(46-61)90-63-47-66(85(22,23)24)75-70(48-63)89(72-45-55(35-36-86-72)79(4,5)6)69-34-33-65-64-29-25-28-32-71(64)91-78(65)76(69)75;/h25-45,47,49H,1-24H3;/q-3;. The van der Waals surface area contributed by atoms with Crippen molar-refractivity contribution in [1.82, 2.24) is 9.55 Å². The van der Waals surface area contributed by atoms with Crippen molar-refractivity contribution in [2.75, 3.05) is 9.80 Å². The molecule has 4 heterocycles. The van der Waals surface area contributed by atoms with E-state index < -0.39 is 0 Å². The summed E-state index contributed by atoms with van der Waals surface area (Å²) >= 11 is 1.87. The van der Waals surface area contributed by atoms with E-state index in [0.29, 0.717) is 11.5 Å². The molecule has 0 saturated carbocycles. The van der Waals surface area contributed by atoms with Crippen LogP contribution in [0, 0.1) is 39.6 Å². The number of fused-ring (bicyclic) bond motifs is 8. The summed E-state index contributed by atoms with van der Waals surface area (Å²) in [4.78, 5) is 10.0. The molecule has 0 unspecified atom stereocenters. The molecule has 92 heavy (non-hydrogen) atoms. The molecule has 0 spiro atoms. The van der Waals surface area contributed by atoms with Crippen LogP contribution in [0.3, 0.4) is 0 Å². The number of nitrogens with zero attached hydrogens (tertiary/aromatic N) is 4. The van der Waals surface area contributed by atoms with E-state index in [1.54, 1.807) is 0 Å². The van der Waals surface area contributed by atoms with Crippen LogP contribution in [0.15, 0.2) is 134 Å². The fourth-order valence-corrected chi connectivity index (χ4v) is 14.5.